The first-order valence-corrected chi connectivity index (χ1v) is 6.49. The number of H-pyrrole nitrogens is 1. The van der Waals surface area contributed by atoms with Crippen LogP contribution in [0.25, 0.3) is 11.1 Å². The van der Waals surface area contributed by atoms with Gasteiger partial charge in [0.1, 0.15) is 5.69 Å². The molecule has 23 heavy (non-hydrogen) atoms. The Morgan fingerprint density at radius 1 is 1.43 bits per heavy atom. The summed E-state index contributed by atoms with van der Waals surface area (Å²) in [6.07, 6.45) is 1.22. The maximum Gasteiger partial charge on any atom is 0.340 e. The van der Waals surface area contributed by atoms with Crippen molar-refractivity contribution in [1.82, 2.24) is 4.98 Å². The van der Waals surface area contributed by atoms with Crippen molar-refractivity contribution in [2.45, 2.75) is 6.92 Å². The van der Waals surface area contributed by atoms with Crippen LogP contribution >= 0.6 is 0 Å². The summed E-state index contributed by atoms with van der Waals surface area (Å²) in [6, 6.07) is 3.02. The number of benzene rings is 1. The number of hydrogen-bond donors (Lipinski definition) is 2. The SMILES string of the molecule is CCOC(=O)c1c[nH]c(C(N)=O)c1-c1ccc([N+](=O)[O-])c(F)c1. The standard InChI is InChI=1S/C14H12FN3O5/c1-2-23-14(20)8-6-17-12(13(16)19)11(8)7-3-4-10(18(21)22)9(15)5-7/h3-6,17H,2H2,1H3,(H2,16,19). The Morgan fingerprint density at radius 3 is 2.65 bits per heavy atom. The van der Waals surface area contributed by atoms with E-state index in [9.17, 15) is 24.1 Å². The summed E-state index contributed by atoms with van der Waals surface area (Å²) in [6.45, 7) is 1.70. The van der Waals surface area contributed by atoms with Crippen molar-refractivity contribution in [1.29, 1.82) is 0 Å². The Bertz CT molecular complexity index is 800. The highest BCUT2D eigenvalue weighted by atomic mass is 19.1. The van der Waals surface area contributed by atoms with Gasteiger partial charge in [0, 0.05) is 17.8 Å². The van der Waals surface area contributed by atoms with Crippen molar-refractivity contribution in [2.24, 2.45) is 5.73 Å². The van der Waals surface area contributed by atoms with Crippen LogP contribution in [-0.2, 0) is 4.74 Å². The van der Waals surface area contributed by atoms with Gasteiger partial charge in [0.25, 0.3) is 5.91 Å². The van der Waals surface area contributed by atoms with E-state index in [2.05, 4.69) is 4.98 Å². The van der Waals surface area contributed by atoms with Crippen molar-refractivity contribution in [3.8, 4) is 11.1 Å². The molecule has 1 amide bonds. The van der Waals surface area contributed by atoms with Crippen LogP contribution in [0.15, 0.2) is 24.4 Å². The highest BCUT2D eigenvalue weighted by molar-refractivity contribution is 6.06. The summed E-state index contributed by atoms with van der Waals surface area (Å²) < 4.78 is 18.7. The van der Waals surface area contributed by atoms with E-state index in [1.54, 1.807) is 6.92 Å². The lowest BCUT2D eigenvalue weighted by Crippen LogP contribution is -2.13. The zero-order valence-electron chi connectivity index (χ0n) is 12.0. The third kappa shape index (κ3) is 3.03. The monoisotopic (exact) mass is 321 g/mol. The third-order valence-corrected chi connectivity index (χ3v) is 3.05. The molecule has 0 atom stereocenters. The second kappa shape index (κ2) is 6.26. The quantitative estimate of drug-likeness (QED) is 0.494. The molecule has 0 saturated carbocycles. The molecule has 1 aromatic carbocycles. The number of nitrogens with zero attached hydrogens (tertiary/aromatic N) is 1. The van der Waals surface area contributed by atoms with Gasteiger partial charge in [-0.3, -0.25) is 14.9 Å². The molecule has 0 aliphatic heterocycles. The fraction of sp³-hybridized carbons (Fsp3) is 0.143. The first-order chi connectivity index (χ1) is 10.9. The summed E-state index contributed by atoms with van der Waals surface area (Å²) >= 11 is 0. The zero-order chi connectivity index (χ0) is 17.1. The van der Waals surface area contributed by atoms with Gasteiger partial charge in [0.15, 0.2) is 0 Å². The van der Waals surface area contributed by atoms with E-state index in [1.165, 1.54) is 12.3 Å². The van der Waals surface area contributed by atoms with Gasteiger partial charge in [-0.25, -0.2) is 4.79 Å². The van der Waals surface area contributed by atoms with E-state index in [1.807, 2.05) is 0 Å². The number of nitrogens with one attached hydrogen (secondary N) is 1. The van der Waals surface area contributed by atoms with Gasteiger partial charge in [-0.1, -0.05) is 0 Å². The number of carbonyl (C=O) groups is 2. The molecule has 1 heterocycles. The minimum absolute atomic E-state index is 0.0195. The van der Waals surface area contributed by atoms with Crippen LogP contribution in [0.4, 0.5) is 10.1 Å². The molecule has 2 aromatic rings. The van der Waals surface area contributed by atoms with Crippen LogP contribution in [0, 0.1) is 15.9 Å². The molecule has 0 aliphatic carbocycles. The number of nitro groups is 1. The number of amides is 1. The summed E-state index contributed by atoms with van der Waals surface area (Å²) in [7, 11) is 0. The Morgan fingerprint density at radius 2 is 2.13 bits per heavy atom. The van der Waals surface area contributed by atoms with Gasteiger partial charge < -0.3 is 15.5 Å². The van der Waals surface area contributed by atoms with Crippen LogP contribution in [-0.4, -0.2) is 28.4 Å². The molecule has 0 bridgehead atoms. The average molecular weight is 321 g/mol. The van der Waals surface area contributed by atoms with E-state index >= 15 is 0 Å². The van der Waals surface area contributed by atoms with Gasteiger partial charge in [-0.2, -0.15) is 4.39 Å². The summed E-state index contributed by atoms with van der Waals surface area (Å²) in [5.74, 6) is -2.70. The van der Waals surface area contributed by atoms with E-state index in [4.69, 9.17) is 10.5 Å². The predicted octanol–water partition coefficient (Wildman–Crippen LogP) is 2.00. The molecular weight excluding hydrogens is 309 g/mol. The van der Waals surface area contributed by atoms with Gasteiger partial charge in [0.2, 0.25) is 5.82 Å². The van der Waals surface area contributed by atoms with Crippen molar-refractivity contribution in [3.63, 3.8) is 0 Å². The minimum atomic E-state index is -1.10. The van der Waals surface area contributed by atoms with Crippen LogP contribution in [0.1, 0.15) is 27.8 Å². The van der Waals surface area contributed by atoms with E-state index < -0.39 is 28.3 Å². The lowest BCUT2D eigenvalue weighted by Gasteiger charge is -2.06. The lowest BCUT2D eigenvalue weighted by molar-refractivity contribution is -0.387. The molecular formula is C14H12FN3O5. The van der Waals surface area contributed by atoms with Crippen molar-refractivity contribution >= 4 is 17.6 Å². The van der Waals surface area contributed by atoms with Gasteiger partial charge in [-0.15, -0.1) is 0 Å². The second-order valence-corrected chi connectivity index (χ2v) is 4.46. The molecule has 0 radical (unpaired) electrons. The highest BCUT2D eigenvalue weighted by Gasteiger charge is 2.24. The number of halogens is 1. The Hall–Kier alpha value is -3.23. The Balaban J connectivity index is 2.63. The number of nitro benzene ring substituents is 1. The molecule has 9 heteroatoms. The molecule has 0 aliphatic rings. The zero-order valence-corrected chi connectivity index (χ0v) is 12.0. The fourth-order valence-corrected chi connectivity index (χ4v) is 2.10. The molecule has 2 rings (SSSR count). The van der Waals surface area contributed by atoms with Gasteiger partial charge in [0.05, 0.1) is 17.1 Å². The van der Waals surface area contributed by atoms with Crippen LogP contribution in [0.2, 0.25) is 0 Å². The van der Waals surface area contributed by atoms with Crippen molar-refractivity contribution < 1.29 is 23.6 Å². The number of nitrogens with two attached hydrogens (primary N) is 1. The second-order valence-electron chi connectivity index (χ2n) is 4.46. The first kappa shape index (κ1) is 16.1. The third-order valence-electron chi connectivity index (χ3n) is 3.05. The smallest absolute Gasteiger partial charge is 0.340 e. The topological polar surface area (TPSA) is 128 Å². The van der Waals surface area contributed by atoms with Gasteiger partial charge in [-0.05, 0) is 24.6 Å². The number of esters is 1. The number of rotatable bonds is 5. The molecule has 0 saturated heterocycles. The molecule has 3 N–H and O–H groups in total. The van der Waals surface area contributed by atoms with Crippen LogP contribution in [0.5, 0.6) is 0 Å². The largest absolute Gasteiger partial charge is 0.462 e. The predicted molar refractivity (Wildman–Crippen MR) is 77.3 cm³/mol. The average Bonchev–Trinajstić information content (AvgIpc) is 2.92. The molecule has 8 nitrogen and oxygen atoms in total. The number of carbonyl (C=O) groups excluding carboxylic acids is 2. The molecule has 1 aromatic heterocycles. The van der Waals surface area contributed by atoms with Crippen LogP contribution < -0.4 is 5.73 Å². The summed E-state index contributed by atoms with van der Waals surface area (Å²) in [5, 5.41) is 10.7. The molecule has 0 fully saturated rings. The van der Waals surface area contributed by atoms with Crippen molar-refractivity contribution in [2.75, 3.05) is 6.61 Å². The van der Waals surface area contributed by atoms with Crippen molar-refractivity contribution in [3.05, 3.63) is 51.6 Å². The Kier molecular flexibility index (Phi) is 4.39. The number of aromatic amines is 1. The van der Waals surface area contributed by atoms with Crippen LogP contribution in [0.3, 0.4) is 0 Å². The minimum Gasteiger partial charge on any atom is -0.462 e. The first-order valence-electron chi connectivity index (χ1n) is 6.49. The Labute approximate surface area is 129 Å². The summed E-state index contributed by atoms with van der Waals surface area (Å²) in [5.41, 5.74) is 4.49. The maximum absolute atomic E-state index is 13.8. The van der Waals surface area contributed by atoms with E-state index in [0.29, 0.717) is 0 Å². The summed E-state index contributed by atoms with van der Waals surface area (Å²) in [4.78, 5) is 35.7. The molecule has 0 unspecified atom stereocenters. The van der Waals surface area contributed by atoms with Gasteiger partial charge >= 0.3 is 11.7 Å². The maximum atomic E-state index is 13.8. The number of aromatic nitrogens is 1. The van der Waals surface area contributed by atoms with E-state index in [0.717, 1.165) is 12.1 Å². The normalized spacial score (nSPS) is 10.3. The highest BCUT2D eigenvalue weighted by Crippen LogP contribution is 2.31. The molecule has 120 valence electrons. The lowest BCUT2D eigenvalue weighted by atomic mass is 10.0. The fourth-order valence-electron chi connectivity index (χ4n) is 2.10. The number of ether oxygens (including phenoxy) is 1. The number of hydrogen-bond acceptors (Lipinski definition) is 5. The number of primary amides is 1. The van der Waals surface area contributed by atoms with E-state index in [-0.39, 0.29) is 29.0 Å². The molecule has 0 spiro atoms.